The first-order valence-electron chi connectivity index (χ1n) is 9.21. The smallest absolute Gasteiger partial charge is 0.253 e. The number of aromatic nitrogens is 1. The molecule has 136 valence electrons. The Morgan fingerprint density at radius 1 is 1.07 bits per heavy atom. The summed E-state index contributed by atoms with van der Waals surface area (Å²) in [5.41, 5.74) is 3.76. The Balaban J connectivity index is 1.37. The van der Waals surface area contributed by atoms with Crippen molar-refractivity contribution in [1.82, 2.24) is 15.6 Å². The van der Waals surface area contributed by atoms with Crippen molar-refractivity contribution in [1.29, 1.82) is 0 Å². The van der Waals surface area contributed by atoms with Gasteiger partial charge >= 0.3 is 0 Å². The van der Waals surface area contributed by atoms with Crippen molar-refractivity contribution < 1.29 is 9.59 Å². The molecule has 5 heteroatoms. The molecule has 0 unspecified atom stereocenters. The molecule has 0 saturated carbocycles. The molecule has 0 radical (unpaired) electrons. The molecule has 4 rings (SSSR count). The molecule has 2 amide bonds. The van der Waals surface area contributed by atoms with Gasteiger partial charge in [-0.25, -0.2) is 0 Å². The Kier molecular flexibility index (Phi) is 4.83. The van der Waals surface area contributed by atoms with Crippen LogP contribution in [-0.2, 0) is 11.2 Å². The summed E-state index contributed by atoms with van der Waals surface area (Å²) in [5, 5.41) is 6.62. The molecule has 1 aromatic heterocycles. The fourth-order valence-electron chi connectivity index (χ4n) is 3.61. The van der Waals surface area contributed by atoms with E-state index in [2.05, 4.69) is 27.8 Å². The zero-order valence-corrected chi connectivity index (χ0v) is 14.9. The van der Waals surface area contributed by atoms with Gasteiger partial charge in [-0.15, -0.1) is 0 Å². The van der Waals surface area contributed by atoms with Gasteiger partial charge in [0.15, 0.2) is 0 Å². The van der Waals surface area contributed by atoms with E-state index in [1.165, 1.54) is 17.3 Å². The molecule has 0 fully saturated rings. The number of para-hydroxylation sites is 1. The van der Waals surface area contributed by atoms with Crippen molar-refractivity contribution in [3.05, 3.63) is 77.5 Å². The second kappa shape index (κ2) is 7.58. The molecule has 0 aliphatic heterocycles. The van der Waals surface area contributed by atoms with Gasteiger partial charge in [-0.3, -0.25) is 14.6 Å². The second-order valence-electron chi connectivity index (χ2n) is 6.81. The number of hydrogen-bond donors (Lipinski definition) is 2. The predicted molar refractivity (Wildman–Crippen MR) is 104 cm³/mol. The highest BCUT2D eigenvalue weighted by Gasteiger charge is 2.21. The summed E-state index contributed by atoms with van der Waals surface area (Å²) in [6, 6.07) is 17.6. The highest BCUT2D eigenvalue weighted by molar-refractivity contribution is 5.98. The highest BCUT2D eigenvalue weighted by atomic mass is 16.2. The van der Waals surface area contributed by atoms with E-state index in [4.69, 9.17) is 0 Å². The molecule has 1 aliphatic rings. The number of nitrogens with zero attached hydrogens (tertiary/aromatic N) is 1. The normalized spacial score (nSPS) is 15.8. The molecule has 2 aromatic carbocycles. The lowest BCUT2D eigenvalue weighted by atomic mass is 9.88. The SMILES string of the molecule is O=C(CNC(=O)c1cnc2ccccc2c1)N[C@@H]1CCCc2ccccc21. The van der Waals surface area contributed by atoms with Gasteiger partial charge in [0.1, 0.15) is 0 Å². The highest BCUT2D eigenvalue weighted by Crippen LogP contribution is 2.29. The Bertz CT molecular complexity index is 1000. The maximum atomic E-state index is 12.4. The average molecular weight is 359 g/mol. The summed E-state index contributed by atoms with van der Waals surface area (Å²) < 4.78 is 0. The number of benzene rings is 2. The van der Waals surface area contributed by atoms with Crippen LogP contribution in [0, 0.1) is 0 Å². The van der Waals surface area contributed by atoms with Gasteiger partial charge in [0.2, 0.25) is 5.91 Å². The quantitative estimate of drug-likeness (QED) is 0.752. The van der Waals surface area contributed by atoms with E-state index in [0.29, 0.717) is 5.56 Å². The van der Waals surface area contributed by atoms with Crippen LogP contribution >= 0.6 is 0 Å². The summed E-state index contributed by atoms with van der Waals surface area (Å²) in [6.45, 7) is -0.0513. The van der Waals surface area contributed by atoms with E-state index in [9.17, 15) is 9.59 Å². The van der Waals surface area contributed by atoms with E-state index in [0.717, 1.165) is 30.2 Å². The van der Waals surface area contributed by atoms with Crippen LogP contribution in [0.1, 0.15) is 40.4 Å². The lowest BCUT2D eigenvalue weighted by molar-refractivity contribution is -0.121. The molecule has 1 heterocycles. The second-order valence-corrected chi connectivity index (χ2v) is 6.81. The lowest BCUT2D eigenvalue weighted by Gasteiger charge is -2.26. The van der Waals surface area contributed by atoms with Crippen molar-refractivity contribution in [3.63, 3.8) is 0 Å². The van der Waals surface area contributed by atoms with Gasteiger partial charge in [-0.1, -0.05) is 42.5 Å². The standard InChI is InChI=1S/C22H21N3O2/c26-21(25-20-11-5-8-15-6-1-3-9-18(15)20)14-24-22(27)17-12-16-7-2-4-10-19(16)23-13-17/h1-4,6-7,9-10,12-13,20H,5,8,11,14H2,(H,24,27)(H,25,26)/t20-/m1/s1. The molecule has 3 aromatic rings. The first-order valence-corrected chi connectivity index (χ1v) is 9.21. The lowest BCUT2D eigenvalue weighted by Crippen LogP contribution is -2.39. The molecule has 27 heavy (non-hydrogen) atoms. The number of pyridine rings is 1. The average Bonchev–Trinajstić information content (AvgIpc) is 2.72. The maximum Gasteiger partial charge on any atom is 0.253 e. The zero-order chi connectivity index (χ0) is 18.6. The Morgan fingerprint density at radius 2 is 1.89 bits per heavy atom. The predicted octanol–water partition coefficient (Wildman–Crippen LogP) is 3.16. The fourth-order valence-corrected chi connectivity index (χ4v) is 3.61. The molecular formula is C22H21N3O2. The van der Waals surface area contributed by atoms with E-state index in [-0.39, 0.29) is 24.4 Å². The molecular weight excluding hydrogens is 338 g/mol. The van der Waals surface area contributed by atoms with Gasteiger partial charge < -0.3 is 10.6 Å². The maximum absolute atomic E-state index is 12.4. The van der Waals surface area contributed by atoms with Gasteiger partial charge in [-0.2, -0.15) is 0 Å². The summed E-state index contributed by atoms with van der Waals surface area (Å²) >= 11 is 0. The van der Waals surface area contributed by atoms with Crippen LogP contribution in [-0.4, -0.2) is 23.3 Å². The number of hydrogen-bond acceptors (Lipinski definition) is 3. The zero-order valence-electron chi connectivity index (χ0n) is 14.9. The first-order chi connectivity index (χ1) is 13.2. The topological polar surface area (TPSA) is 71.1 Å². The van der Waals surface area contributed by atoms with Crippen molar-refractivity contribution in [2.75, 3.05) is 6.54 Å². The third-order valence-corrected chi connectivity index (χ3v) is 4.97. The van der Waals surface area contributed by atoms with Crippen molar-refractivity contribution in [2.24, 2.45) is 0 Å². The van der Waals surface area contributed by atoms with Crippen LogP contribution in [0.3, 0.4) is 0 Å². The van der Waals surface area contributed by atoms with E-state index in [1.807, 2.05) is 36.4 Å². The minimum atomic E-state index is -0.299. The Morgan fingerprint density at radius 3 is 2.81 bits per heavy atom. The first kappa shape index (κ1) is 17.2. The van der Waals surface area contributed by atoms with E-state index >= 15 is 0 Å². The summed E-state index contributed by atoms with van der Waals surface area (Å²) in [6.07, 6.45) is 4.56. The molecule has 1 aliphatic carbocycles. The molecule has 0 spiro atoms. The van der Waals surface area contributed by atoms with Gasteiger partial charge in [-0.05, 0) is 42.5 Å². The van der Waals surface area contributed by atoms with Crippen LogP contribution in [0.15, 0.2) is 60.8 Å². The Hall–Kier alpha value is -3.21. The summed E-state index contributed by atoms with van der Waals surface area (Å²) in [5.74, 6) is -0.480. The number of aryl methyl sites for hydroxylation is 1. The van der Waals surface area contributed by atoms with Crippen molar-refractivity contribution in [3.8, 4) is 0 Å². The third kappa shape index (κ3) is 3.82. The molecule has 2 N–H and O–H groups in total. The van der Waals surface area contributed by atoms with Crippen molar-refractivity contribution >= 4 is 22.7 Å². The number of fused-ring (bicyclic) bond motifs is 2. The fraction of sp³-hybridized carbons (Fsp3) is 0.227. The Labute approximate surface area is 157 Å². The molecule has 1 atom stereocenters. The monoisotopic (exact) mass is 359 g/mol. The number of nitrogens with one attached hydrogen (secondary N) is 2. The summed E-state index contributed by atoms with van der Waals surface area (Å²) in [7, 11) is 0. The molecule has 5 nitrogen and oxygen atoms in total. The largest absolute Gasteiger partial charge is 0.348 e. The summed E-state index contributed by atoms with van der Waals surface area (Å²) in [4.78, 5) is 29.0. The van der Waals surface area contributed by atoms with Crippen LogP contribution in [0.5, 0.6) is 0 Å². The number of amides is 2. The van der Waals surface area contributed by atoms with E-state index < -0.39 is 0 Å². The number of carbonyl (C=O) groups is 2. The van der Waals surface area contributed by atoms with Gasteiger partial charge in [0.05, 0.1) is 23.7 Å². The van der Waals surface area contributed by atoms with E-state index in [1.54, 1.807) is 6.07 Å². The third-order valence-electron chi connectivity index (χ3n) is 4.97. The minimum absolute atomic E-state index is 0.0155. The number of rotatable bonds is 4. The van der Waals surface area contributed by atoms with Gasteiger partial charge in [0, 0.05) is 11.6 Å². The van der Waals surface area contributed by atoms with Crippen LogP contribution in [0.25, 0.3) is 10.9 Å². The van der Waals surface area contributed by atoms with Crippen LogP contribution < -0.4 is 10.6 Å². The van der Waals surface area contributed by atoms with Crippen LogP contribution in [0.4, 0.5) is 0 Å². The number of carbonyl (C=O) groups excluding carboxylic acids is 2. The van der Waals surface area contributed by atoms with Gasteiger partial charge in [0.25, 0.3) is 5.91 Å². The molecule has 0 saturated heterocycles. The molecule has 0 bridgehead atoms. The minimum Gasteiger partial charge on any atom is -0.348 e. The van der Waals surface area contributed by atoms with Crippen LogP contribution in [0.2, 0.25) is 0 Å². The van der Waals surface area contributed by atoms with Crippen molar-refractivity contribution in [2.45, 2.75) is 25.3 Å².